The number of benzene rings is 2. The second-order valence-electron chi connectivity index (χ2n) is 10.4. The Morgan fingerprint density at radius 2 is 0.658 bits per heavy atom. The van der Waals surface area contributed by atoms with E-state index in [2.05, 4.69) is 0 Å². The van der Waals surface area contributed by atoms with Gasteiger partial charge in [-0.3, -0.25) is 9.59 Å². The summed E-state index contributed by atoms with van der Waals surface area (Å²) in [6.07, 6.45) is 21.0. The number of unbranched alkanes of at least 4 members (excludes halogenated alkanes) is 15. The van der Waals surface area contributed by atoms with Crippen LogP contribution >= 0.6 is 0 Å². The predicted octanol–water partition coefficient (Wildman–Crippen LogP) is 9.49. The SMILES string of the molecule is O=C(CCCCCCCCCCCCCCCCCCC(=O)OCc1ccccc1)OCc1ccccc1. The third kappa shape index (κ3) is 17.8. The molecule has 4 heteroatoms. The third-order valence-corrected chi connectivity index (χ3v) is 7.00. The predicted molar refractivity (Wildman–Crippen MR) is 156 cm³/mol. The van der Waals surface area contributed by atoms with Gasteiger partial charge in [0.2, 0.25) is 0 Å². The Balaban J connectivity index is 1.23. The molecule has 4 nitrogen and oxygen atoms in total. The fourth-order valence-electron chi connectivity index (χ4n) is 4.63. The average Bonchev–Trinajstić information content (AvgIpc) is 2.95. The van der Waals surface area contributed by atoms with E-state index >= 15 is 0 Å². The highest BCUT2D eigenvalue weighted by Crippen LogP contribution is 2.15. The van der Waals surface area contributed by atoms with Crippen molar-refractivity contribution in [2.75, 3.05) is 0 Å². The smallest absolute Gasteiger partial charge is 0.306 e. The topological polar surface area (TPSA) is 52.6 Å². The highest BCUT2D eigenvalue weighted by atomic mass is 16.5. The summed E-state index contributed by atoms with van der Waals surface area (Å²) < 4.78 is 10.7. The molecule has 0 N–H and O–H groups in total. The number of esters is 2. The molecular weight excluding hydrogens is 472 g/mol. The van der Waals surface area contributed by atoms with Crippen molar-refractivity contribution in [3.8, 4) is 0 Å². The van der Waals surface area contributed by atoms with Crippen molar-refractivity contribution < 1.29 is 19.1 Å². The summed E-state index contributed by atoms with van der Waals surface area (Å²) in [5, 5.41) is 0. The molecule has 210 valence electrons. The molecule has 2 aromatic rings. The van der Waals surface area contributed by atoms with Crippen molar-refractivity contribution in [3.05, 3.63) is 71.8 Å². The lowest BCUT2D eigenvalue weighted by Crippen LogP contribution is -2.04. The van der Waals surface area contributed by atoms with Gasteiger partial charge in [0.15, 0.2) is 0 Å². The Labute approximate surface area is 231 Å². The van der Waals surface area contributed by atoms with Gasteiger partial charge in [-0.05, 0) is 24.0 Å². The zero-order valence-corrected chi connectivity index (χ0v) is 23.5. The molecule has 0 heterocycles. The molecule has 2 aromatic carbocycles. The van der Waals surface area contributed by atoms with Crippen LogP contribution in [0.25, 0.3) is 0 Å². The lowest BCUT2D eigenvalue weighted by Gasteiger charge is -2.06. The largest absolute Gasteiger partial charge is 0.461 e. The number of carbonyl (C=O) groups excluding carboxylic acids is 2. The molecule has 0 aliphatic carbocycles. The van der Waals surface area contributed by atoms with Crippen molar-refractivity contribution in [1.82, 2.24) is 0 Å². The van der Waals surface area contributed by atoms with Gasteiger partial charge in [-0.2, -0.15) is 0 Å². The van der Waals surface area contributed by atoms with Crippen LogP contribution in [0, 0.1) is 0 Å². The quantitative estimate of drug-likeness (QED) is 0.108. The molecular formula is C34H50O4. The average molecular weight is 523 g/mol. The maximum Gasteiger partial charge on any atom is 0.306 e. The summed E-state index contributed by atoms with van der Waals surface area (Å²) in [5.74, 6) is -0.156. The molecule has 0 amide bonds. The number of ether oxygens (including phenoxy) is 2. The Kier molecular flexibility index (Phi) is 18.6. The van der Waals surface area contributed by atoms with Gasteiger partial charge in [-0.1, -0.05) is 151 Å². The van der Waals surface area contributed by atoms with Gasteiger partial charge in [-0.25, -0.2) is 0 Å². The summed E-state index contributed by atoms with van der Waals surface area (Å²) >= 11 is 0. The lowest BCUT2D eigenvalue weighted by molar-refractivity contribution is -0.146. The van der Waals surface area contributed by atoms with Gasteiger partial charge >= 0.3 is 11.9 Å². The van der Waals surface area contributed by atoms with Gasteiger partial charge in [0.1, 0.15) is 13.2 Å². The van der Waals surface area contributed by atoms with E-state index in [1.54, 1.807) is 0 Å². The van der Waals surface area contributed by atoms with Gasteiger partial charge < -0.3 is 9.47 Å². The number of rotatable bonds is 23. The third-order valence-electron chi connectivity index (χ3n) is 7.00. The van der Waals surface area contributed by atoms with E-state index in [9.17, 15) is 9.59 Å². The monoisotopic (exact) mass is 522 g/mol. The Morgan fingerprint density at radius 3 is 0.947 bits per heavy atom. The summed E-state index contributed by atoms with van der Waals surface area (Å²) in [7, 11) is 0. The van der Waals surface area contributed by atoms with Crippen LogP contribution in [0.2, 0.25) is 0 Å². The molecule has 0 saturated carbocycles. The van der Waals surface area contributed by atoms with Crippen molar-refractivity contribution in [2.24, 2.45) is 0 Å². The van der Waals surface area contributed by atoms with E-state index in [0.717, 1.165) is 36.8 Å². The van der Waals surface area contributed by atoms with Crippen molar-refractivity contribution in [3.63, 3.8) is 0 Å². The standard InChI is InChI=1S/C34H50O4/c35-33(37-29-31-23-17-15-18-24-31)27-21-13-11-9-7-5-3-1-2-4-6-8-10-12-14-22-28-34(36)38-30-32-25-19-16-20-26-32/h15-20,23-26H,1-14,21-22,27-30H2. The van der Waals surface area contributed by atoms with Crippen LogP contribution < -0.4 is 0 Å². The van der Waals surface area contributed by atoms with Gasteiger partial charge in [0.25, 0.3) is 0 Å². The highest BCUT2D eigenvalue weighted by molar-refractivity contribution is 5.69. The molecule has 2 rings (SSSR count). The zero-order chi connectivity index (χ0) is 26.9. The van der Waals surface area contributed by atoms with E-state index in [1.165, 1.54) is 77.0 Å². The molecule has 0 aliphatic heterocycles. The summed E-state index contributed by atoms with van der Waals surface area (Å²) in [6, 6.07) is 19.7. The second-order valence-corrected chi connectivity index (χ2v) is 10.4. The molecule has 0 fully saturated rings. The second kappa shape index (κ2) is 22.4. The Bertz CT molecular complexity index is 763. The number of carbonyl (C=O) groups is 2. The molecule has 0 unspecified atom stereocenters. The van der Waals surface area contributed by atoms with E-state index in [-0.39, 0.29) is 11.9 Å². The fourth-order valence-corrected chi connectivity index (χ4v) is 4.63. The zero-order valence-electron chi connectivity index (χ0n) is 23.5. The lowest BCUT2D eigenvalue weighted by atomic mass is 10.0. The van der Waals surface area contributed by atoms with Crippen molar-refractivity contribution in [1.29, 1.82) is 0 Å². The first-order valence-electron chi connectivity index (χ1n) is 15.1. The van der Waals surface area contributed by atoms with Crippen LogP contribution in [0.4, 0.5) is 0 Å². The van der Waals surface area contributed by atoms with Crippen LogP contribution in [0.5, 0.6) is 0 Å². The summed E-state index contributed by atoms with van der Waals surface area (Å²) in [4.78, 5) is 23.6. The molecule has 0 spiro atoms. The molecule has 0 radical (unpaired) electrons. The Morgan fingerprint density at radius 1 is 0.395 bits per heavy atom. The minimum Gasteiger partial charge on any atom is -0.461 e. The maximum absolute atomic E-state index is 11.8. The minimum absolute atomic E-state index is 0.0781. The number of hydrogen-bond donors (Lipinski definition) is 0. The van der Waals surface area contributed by atoms with Crippen LogP contribution in [-0.2, 0) is 32.3 Å². The molecule has 0 bridgehead atoms. The first-order chi connectivity index (χ1) is 18.7. The molecule has 0 saturated heterocycles. The summed E-state index contributed by atoms with van der Waals surface area (Å²) in [6.45, 7) is 0.768. The normalized spacial score (nSPS) is 10.8. The van der Waals surface area contributed by atoms with Gasteiger partial charge in [-0.15, -0.1) is 0 Å². The first kappa shape index (κ1) is 31.6. The molecule has 0 atom stereocenters. The van der Waals surface area contributed by atoms with Crippen molar-refractivity contribution >= 4 is 11.9 Å². The van der Waals surface area contributed by atoms with E-state index < -0.39 is 0 Å². The molecule has 38 heavy (non-hydrogen) atoms. The van der Waals surface area contributed by atoms with Crippen LogP contribution in [0.15, 0.2) is 60.7 Å². The van der Waals surface area contributed by atoms with Gasteiger partial charge in [0, 0.05) is 12.8 Å². The van der Waals surface area contributed by atoms with Crippen LogP contribution in [-0.4, -0.2) is 11.9 Å². The maximum atomic E-state index is 11.8. The fraction of sp³-hybridized carbons (Fsp3) is 0.588. The van der Waals surface area contributed by atoms with Crippen LogP contribution in [0.3, 0.4) is 0 Å². The van der Waals surface area contributed by atoms with Crippen LogP contribution in [0.1, 0.15) is 127 Å². The van der Waals surface area contributed by atoms with Gasteiger partial charge in [0.05, 0.1) is 0 Å². The molecule has 0 aliphatic rings. The highest BCUT2D eigenvalue weighted by Gasteiger charge is 2.04. The first-order valence-corrected chi connectivity index (χ1v) is 15.1. The van der Waals surface area contributed by atoms with E-state index in [0.29, 0.717) is 26.1 Å². The van der Waals surface area contributed by atoms with E-state index in [1.807, 2.05) is 60.7 Å². The Hall–Kier alpha value is -2.62. The van der Waals surface area contributed by atoms with Crippen molar-refractivity contribution in [2.45, 2.75) is 129 Å². The number of hydrogen-bond acceptors (Lipinski definition) is 4. The van der Waals surface area contributed by atoms with E-state index in [4.69, 9.17) is 9.47 Å². The molecule has 0 aromatic heterocycles. The summed E-state index contributed by atoms with van der Waals surface area (Å²) in [5.41, 5.74) is 2.09. The minimum atomic E-state index is -0.0781.